The summed E-state index contributed by atoms with van der Waals surface area (Å²) >= 11 is 1.59. The second-order valence-corrected chi connectivity index (χ2v) is 3.96. The maximum Gasteiger partial charge on any atom is 0.264 e. The second kappa shape index (κ2) is 4.75. The molecule has 0 aliphatic carbocycles. The van der Waals surface area contributed by atoms with E-state index in [2.05, 4.69) is 0 Å². The Bertz CT molecular complexity index is 285. The lowest BCUT2D eigenvalue weighted by Crippen LogP contribution is -2.30. The number of rotatable bonds is 4. The minimum atomic E-state index is -2.79. The van der Waals surface area contributed by atoms with Gasteiger partial charge in [0.2, 0.25) is 0 Å². The highest BCUT2D eigenvalue weighted by Crippen LogP contribution is 2.21. The molecule has 0 aliphatic rings. The molecular formula is C10H13F2NS. The van der Waals surface area contributed by atoms with Gasteiger partial charge in [0.15, 0.2) is 0 Å². The molecule has 0 atom stereocenters. The van der Waals surface area contributed by atoms with Crippen LogP contribution in [0.1, 0.15) is 5.56 Å². The van der Waals surface area contributed by atoms with Crippen molar-refractivity contribution in [3.8, 4) is 0 Å². The third-order valence-corrected chi connectivity index (χ3v) is 2.66. The van der Waals surface area contributed by atoms with Gasteiger partial charge < -0.3 is 5.73 Å². The van der Waals surface area contributed by atoms with E-state index < -0.39 is 12.5 Å². The van der Waals surface area contributed by atoms with E-state index in [0.717, 1.165) is 4.90 Å². The lowest BCUT2D eigenvalue weighted by molar-refractivity contribution is 0.0115. The summed E-state index contributed by atoms with van der Waals surface area (Å²) in [6.45, 7) is -0.600. The number of benzene rings is 1. The summed E-state index contributed by atoms with van der Waals surface area (Å²) in [7, 11) is 0. The van der Waals surface area contributed by atoms with Crippen LogP contribution in [0.3, 0.4) is 0 Å². The molecule has 0 spiro atoms. The summed E-state index contributed by atoms with van der Waals surface area (Å²) in [6.07, 6.45) is 1.67. The highest BCUT2D eigenvalue weighted by Gasteiger charge is 2.26. The van der Waals surface area contributed by atoms with Crippen LogP contribution in [0.4, 0.5) is 8.78 Å². The fourth-order valence-electron chi connectivity index (χ4n) is 1.11. The van der Waals surface area contributed by atoms with Gasteiger partial charge in [-0.05, 0) is 24.0 Å². The van der Waals surface area contributed by atoms with Crippen molar-refractivity contribution in [2.75, 3.05) is 12.8 Å². The smallest absolute Gasteiger partial charge is 0.264 e. The first-order chi connectivity index (χ1) is 6.57. The van der Waals surface area contributed by atoms with Gasteiger partial charge >= 0.3 is 0 Å². The van der Waals surface area contributed by atoms with Crippen molar-refractivity contribution < 1.29 is 8.78 Å². The Morgan fingerprint density at radius 2 is 1.86 bits per heavy atom. The Hall–Kier alpha value is -0.610. The highest BCUT2D eigenvalue weighted by atomic mass is 32.2. The maximum atomic E-state index is 12.9. The fraction of sp³-hybridized carbons (Fsp3) is 0.400. The predicted octanol–water partition coefficient (Wildman–Crippen LogP) is 2.54. The third kappa shape index (κ3) is 3.27. The van der Waals surface area contributed by atoms with E-state index in [0.29, 0.717) is 5.56 Å². The summed E-state index contributed by atoms with van der Waals surface area (Å²) in [5.41, 5.74) is 5.58. The molecule has 14 heavy (non-hydrogen) atoms. The molecule has 0 saturated heterocycles. The van der Waals surface area contributed by atoms with Gasteiger partial charge in [-0.15, -0.1) is 11.8 Å². The number of hydrogen-bond acceptors (Lipinski definition) is 2. The van der Waals surface area contributed by atoms with Crippen LogP contribution in [0.5, 0.6) is 0 Å². The minimum absolute atomic E-state index is 0.280. The number of thioether (sulfide) groups is 1. The van der Waals surface area contributed by atoms with Crippen molar-refractivity contribution >= 4 is 11.8 Å². The highest BCUT2D eigenvalue weighted by molar-refractivity contribution is 7.98. The van der Waals surface area contributed by atoms with Crippen LogP contribution >= 0.6 is 11.8 Å². The molecule has 1 rings (SSSR count). The van der Waals surface area contributed by atoms with Gasteiger partial charge in [-0.3, -0.25) is 0 Å². The maximum absolute atomic E-state index is 12.9. The topological polar surface area (TPSA) is 26.0 Å². The quantitative estimate of drug-likeness (QED) is 0.784. The number of alkyl halides is 2. The van der Waals surface area contributed by atoms with Crippen molar-refractivity contribution in [3.05, 3.63) is 29.8 Å². The molecule has 0 aromatic heterocycles. The van der Waals surface area contributed by atoms with Crippen LogP contribution in [0.2, 0.25) is 0 Å². The first-order valence-corrected chi connectivity index (χ1v) is 5.51. The second-order valence-electron chi connectivity index (χ2n) is 3.08. The first-order valence-electron chi connectivity index (χ1n) is 4.28. The molecule has 0 unspecified atom stereocenters. The monoisotopic (exact) mass is 217 g/mol. The summed E-state index contributed by atoms with van der Waals surface area (Å²) in [4.78, 5) is 1.07. The zero-order valence-corrected chi connectivity index (χ0v) is 8.78. The SMILES string of the molecule is CSc1ccc(CC(F)(F)CN)cc1. The van der Waals surface area contributed by atoms with Crippen LogP contribution < -0.4 is 5.73 Å². The molecule has 0 bridgehead atoms. The average Bonchev–Trinajstić information content (AvgIpc) is 2.19. The normalized spacial score (nSPS) is 11.7. The van der Waals surface area contributed by atoms with E-state index in [1.165, 1.54) is 0 Å². The summed E-state index contributed by atoms with van der Waals surface area (Å²) in [5.74, 6) is -2.79. The van der Waals surface area contributed by atoms with E-state index in [1.54, 1.807) is 23.9 Å². The Morgan fingerprint density at radius 1 is 1.29 bits per heavy atom. The third-order valence-electron chi connectivity index (χ3n) is 1.92. The molecule has 0 saturated carbocycles. The lowest BCUT2D eigenvalue weighted by atomic mass is 10.1. The summed E-state index contributed by atoms with van der Waals surface area (Å²) < 4.78 is 25.8. The molecule has 0 aliphatic heterocycles. The molecule has 0 amide bonds. The van der Waals surface area contributed by atoms with Crippen molar-refractivity contribution in [3.63, 3.8) is 0 Å². The number of nitrogens with two attached hydrogens (primary N) is 1. The minimum Gasteiger partial charge on any atom is -0.325 e. The van der Waals surface area contributed by atoms with E-state index >= 15 is 0 Å². The van der Waals surface area contributed by atoms with Crippen molar-refractivity contribution in [1.29, 1.82) is 0 Å². The van der Waals surface area contributed by atoms with Crippen molar-refractivity contribution in [2.24, 2.45) is 5.73 Å². The van der Waals surface area contributed by atoms with Crippen LogP contribution in [0, 0.1) is 0 Å². The fourth-order valence-corrected chi connectivity index (χ4v) is 1.52. The Labute approximate surface area is 86.7 Å². The van der Waals surface area contributed by atoms with Crippen molar-refractivity contribution in [2.45, 2.75) is 17.2 Å². The van der Waals surface area contributed by atoms with Crippen LogP contribution in [-0.4, -0.2) is 18.7 Å². The summed E-state index contributed by atoms with van der Waals surface area (Å²) in [6, 6.07) is 7.12. The van der Waals surface area contributed by atoms with Gasteiger partial charge in [0, 0.05) is 11.3 Å². The largest absolute Gasteiger partial charge is 0.325 e. The van der Waals surface area contributed by atoms with E-state index in [9.17, 15) is 8.78 Å². The Balaban J connectivity index is 2.69. The molecular weight excluding hydrogens is 204 g/mol. The zero-order valence-electron chi connectivity index (χ0n) is 7.97. The molecule has 0 radical (unpaired) electrons. The molecule has 0 heterocycles. The predicted molar refractivity (Wildman–Crippen MR) is 55.9 cm³/mol. The van der Waals surface area contributed by atoms with Crippen LogP contribution in [0.15, 0.2) is 29.2 Å². The first kappa shape index (κ1) is 11.5. The van der Waals surface area contributed by atoms with E-state index in [4.69, 9.17) is 5.73 Å². The van der Waals surface area contributed by atoms with Gasteiger partial charge in [-0.25, -0.2) is 8.78 Å². The number of hydrogen-bond donors (Lipinski definition) is 1. The van der Waals surface area contributed by atoms with Gasteiger partial charge in [0.25, 0.3) is 5.92 Å². The molecule has 0 fully saturated rings. The van der Waals surface area contributed by atoms with Crippen LogP contribution in [0.25, 0.3) is 0 Å². The number of halogens is 2. The summed E-state index contributed by atoms with van der Waals surface area (Å²) in [5, 5.41) is 0. The van der Waals surface area contributed by atoms with E-state index in [1.807, 2.05) is 18.4 Å². The van der Waals surface area contributed by atoms with Gasteiger partial charge in [0.05, 0.1) is 6.54 Å². The zero-order chi connectivity index (χ0) is 10.6. The van der Waals surface area contributed by atoms with Crippen molar-refractivity contribution in [1.82, 2.24) is 0 Å². The van der Waals surface area contributed by atoms with E-state index in [-0.39, 0.29) is 6.42 Å². The Morgan fingerprint density at radius 3 is 2.29 bits per heavy atom. The molecule has 78 valence electrons. The Kier molecular flexibility index (Phi) is 3.89. The van der Waals surface area contributed by atoms with Gasteiger partial charge in [0.1, 0.15) is 0 Å². The van der Waals surface area contributed by atoms with Gasteiger partial charge in [-0.2, -0.15) is 0 Å². The van der Waals surface area contributed by atoms with Crippen LogP contribution in [-0.2, 0) is 6.42 Å². The lowest BCUT2D eigenvalue weighted by Gasteiger charge is -2.13. The average molecular weight is 217 g/mol. The molecule has 4 heteroatoms. The molecule has 1 aromatic rings. The standard InChI is InChI=1S/C10H13F2NS/c1-14-9-4-2-8(3-5-9)6-10(11,12)7-13/h2-5H,6-7,13H2,1H3. The van der Waals surface area contributed by atoms with Gasteiger partial charge in [-0.1, -0.05) is 12.1 Å². The molecule has 2 N–H and O–H groups in total. The molecule has 1 aromatic carbocycles. The molecule has 1 nitrogen and oxygen atoms in total.